The lowest BCUT2D eigenvalue weighted by Gasteiger charge is -2.15. The monoisotopic (exact) mass is 419 g/mol. The van der Waals surface area contributed by atoms with E-state index in [4.69, 9.17) is 9.26 Å². The molecule has 2 unspecified atom stereocenters. The fraction of sp³-hybridized carbons (Fsp3) is 0.444. The van der Waals surface area contributed by atoms with E-state index in [-0.39, 0.29) is 17.3 Å². The molecule has 1 N–H and O–H groups in total. The zero-order valence-electron chi connectivity index (χ0n) is 15.6. The highest BCUT2D eigenvalue weighted by molar-refractivity contribution is 8.00. The summed E-state index contributed by atoms with van der Waals surface area (Å²) in [6.07, 6.45) is 2.24. The SMILES string of the molecule is Cc1cc(NC(=O)C(C)Sc2nnc(-c3cccs3)n2CC2CCCO2)no1. The van der Waals surface area contributed by atoms with Gasteiger partial charge in [0.15, 0.2) is 16.8 Å². The molecule has 1 amide bonds. The molecule has 148 valence electrons. The van der Waals surface area contributed by atoms with Crippen LogP contribution in [0.4, 0.5) is 5.82 Å². The van der Waals surface area contributed by atoms with Crippen molar-refractivity contribution in [2.45, 2.75) is 49.7 Å². The number of aryl methyl sites for hydroxylation is 1. The first kappa shape index (κ1) is 19.2. The highest BCUT2D eigenvalue weighted by Gasteiger charge is 2.25. The number of nitrogens with zero attached hydrogens (tertiary/aromatic N) is 4. The van der Waals surface area contributed by atoms with E-state index in [1.165, 1.54) is 11.8 Å². The van der Waals surface area contributed by atoms with Crippen LogP contribution in [0.15, 0.2) is 33.3 Å². The molecule has 2 atom stereocenters. The van der Waals surface area contributed by atoms with Gasteiger partial charge in [0, 0.05) is 12.7 Å². The van der Waals surface area contributed by atoms with Gasteiger partial charge in [-0.25, -0.2) is 0 Å². The fourth-order valence-corrected chi connectivity index (χ4v) is 4.56. The first-order valence-corrected chi connectivity index (χ1v) is 10.9. The molecule has 0 aromatic carbocycles. The van der Waals surface area contributed by atoms with Crippen LogP contribution >= 0.6 is 23.1 Å². The van der Waals surface area contributed by atoms with Crippen molar-refractivity contribution in [3.05, 3.63) is 29.3 Å². The number of ether oxygens (including phenoxy) is 1. The lowest BCUT2D eigenvalue weighted by Crippen LogP contribution is -2.23. The van der Waals surface area contributed by atoms with Crippen LogP contribution in [0.5, 0.6) is 0 Å². The maximum Gasteiger partial charge on any atom is 0.238 e. The van der Waals surface area contributed by atoms with E-state index in [2.05, 4.69) is 25.2 Å². The quantitative estimate of drug-likeness (QED) is 0.585. The number of carbonyl (C=O) groups excluding carboxylic acids is 1. The van der Waals surface area contributed by atoms with Crippen LogP contribution in [0.3, 0.4) is 0 Å². The molecule has 0 spiro atoms. The Balaban J connectivity index is 1.51. The average Bonchev–Trinajstić information content (AvgIpc) is 3.45. The van der Waals surface area contributed by atoms with Crippen LogP contribution in [0.2, 0.25) is 0 Å². The summed E-state index contributed by atoms with van der Waals surface area (Å²) in [6, 6.07) is 5.70. The summed E-state index contributed by atoms with van der Waals surface area (Å²) in [5.74, 6) is 1.71. The van der Waals surface area contributed by atoms with Crippen molar-refractivity contribution in [2.24, 2.45) is 0 Å². The summed E-state index contributed by atoms with van der Waals surface area (Å²) in [4.78, 5) is 13.6. The molecule has 0 bridgehead atoms. The number of hydrogen-bond donors (Lipinski definition) is 1. The maximum absolute atomic E-state index is 12.5. The third kappa shape index (κ3) is 4.29. The van der Waals surface area contributed by atoms with E-state index in [1.54, 1.807) is 24.3 Å². The Morgan fingerprint density at radius 2 is 2.39 bits per heavy atom. The van der Waals surface area contributed by atoms with Crippen LogP contribution in [-0.4, -0.2) is 43.8 Å². The van der Waals surface area contributed by atoms with Crippen LogP contribution in [0.1, 0.15) is 25.5 Å². The lowest BCUT2D eigenvalue weighted by molar-refractivity contribution is -0.115. The van der Waals surface area contributed by atoms with Gasteiger partial charge in [0.1, 0.15) is 5.76 Å². The first-order valence-electron chi connectivity index (χ1n) is 9.09. The molecule has 4 rings (SSSR count). The third-order valence-corrected chi connectivity index (χ3v) is 6.35. The van der Waals surface area contributed by atoms with Crippen molar-refractivity contribution in [1.29, 1.82) is 0 Å². The van der Waals surface area contributed by atoms with Gasteiger partial charge >= 0.3 is 0 Å². The van der Waals surface area contributed by atoms with Gasteiger partial charge in [-0.2, -0.15) is 0 Å². The second-order valence-electron chi connectivity index (χ2n) is 6.60. The standard InChI is InChI=1S/C18H21N5O3S2/c1-11-9-15(22-26-11)19-17(24)12(2)28-18-21-20-16(14-6-4-8-27-14)23(18)10-13-5-3-7-25-13/h4,6,8-9,12-13H,3,5,7,10H2,1-2H3,(H,19,22,24). The molecular weight excluding hydrogens is 398 g/mol. The van der Waals surface area contributed by atoms with Gasteiger partial charge in [-0.1, -0.05) is 23.0 Å². The van der Waals surface area contributed by atoms with Crippen LogP contribution < -0.4 is 5.32 Å². The zero-order valence-corrected chi connectivity index (χ0v) is 17.3. The Morgan fingerprint density at radius 1 is 1.50 bits per heavy atom. The molecule has 10 heteroatoms. The van der Waals surface area contributed by atoms with E-state index < -0.39 is 0 Å². The molecule has 0 saturated carbocycles. The van der Waals surface area contributed by atoms with Gasteiger partial charge in [-0.15, -0.1) is 21.5 Å². The highest BCUT2D eigenvalue weighted by atomic mass is 32.2. The second-order valence-corrected chi connectivity index (χ2v) is 8.86. The summed E-state index contributed by atoms with van der Waals surface area (Å²) in [5.41, 5.74) is 0. The Morgan fingerprint density at radius 3 is 3.07 bits per heavy atom. The smallest absolute Gasteiger partial charge is 0.238 e. The van der Waals surface area contributed by atoms with Gasteiger partial charge in [0.05, 0.1) is 22.8 Å². The van der Waals surface area contributed by atoms with Crippen molar-refractivity contribution in [1.82, 2.24) is 19.9 Å². The van der Waals surface area contributed by atoms with Crippen LogP contribution in [-0.2, 0) is 16.1 Å². The minimum atomic E-state index is -0.374. The minimum Gasteiger partial charge on any atom is -0.376 e. The van der Waals surface area contributed by atoms with E-state index in [0.717, 1.165) is 30.2 Å². The van der Waals surface area contributed by atoms with Crippen molar-refractivity contribution < 1.29 is 14.1 Å². The minimum absolute atomic E-state index is 0.149. The number of amides is 1. The molecular formula is C18H21N5O3S2. The normalized spacial score (nSPS) is 17.7. The summed E-state index contributed by atoms with van der Waals surface area (Å²) in [6.45, 7) is 5.09. The molecule has 0 aliphatic carbocycles. The van der Waals surface area contributed by atoms with E-state index >= 15 is 0 Å². The molecule has 1 aliphatic rings. The molecule has 3 aromatic heterocycles. The number of rotatable bonds is 7. The van der Waals surface area contributed by atoms with E-state index in [1.807, 2.05) is 24.4 Å². The summed E-state index contributed by atoms with van der Waals surface area (Å²) < 4.78 is 12.9. The second kappa shape index (κ2) is 8.46. The van der Waals surface area contributed by atoms with Gasteiger partial charge in [0.2, 0.25) is 5.91 Å². The predicted octanol–water partition coefficient (Wildman–Crippen LogP) is 3.60. The molecule has 4 heterocycles. The number of aromatic nitrogens is 4. The van der Waals surface area contributed by atoms with E-state index in [9.17, 15) is 4.79 Å². The molecule has 0 radical (unpaired) electrons. The molecule has 1 aliphatic heterocycles. The number of nitrogens with one attached hydrogen (secondary N) is 1. The topological polar surface area (TPSA) is 95.1 Å². The molecule has 1 fully saturated rings. The average molecular weight is 420 g/mol. The molecule has 28 heavy (non-hydrogen) atoms. The van der Waals surface area contributed by atoms with Crippen LogP contribution in [0, 0.1) is 6.92 Å². The fourth-order valence-electron chi connectivity index (χ4n) is 2.99. The summed E-state index contributed by atoms with van der Waals surface area (Å²) >= 11 is 2.99. The highest BCUT2D eigenvalue weighted by Crippen LogP contribution is 2.31. The molecule has 8 nitrogen and oxygen atoms in total. The Hall–Kier alpha value is -2.17. The number of anilines is 1. The van der Waals surface area contributed by atoms with Crippen molar-refractivity contribution >= 4 is 34.8 Å². The number of thiophene rings is 1. The van der Waals surface area contributed by atoms with Gasteiger partial charge in [0.25, 0.3) is 0 Å². The summed E-state index contributed by atoms with van der Waals surface area (Å²) in [7, 11) is 0. The number of hydrogen-bond acceptors (Lipinski definition) is 8. The maximum atomic E-state index is 12.5. The lowest BCUT2D eigenvalue weighted by atomic mass is 10.2. The van der Waals surface area contributed by atoms with Crippen LogP contribution in [0.25, 0.3) is 10.7 Å². The third-order valence-electron chi connectivity index (χ3n) is 4.40. The Labute approximate surface area is 170 Å². The predicted molar refractivity (Wildman–Crippen MR) is 107 cm³/mol. The largest absolute Gasteiger partial charge is 0.376 e. The number of carbonyl (C=O) groups is 1. The van der Waals surface area contributed by atoms with Gasteiger partial charge < -0.3 is 14.6 Å². The Kier molecular flexibility index (Phi) is 5.79. The Bertz CT molecular complexity index is 931. The zero-order chi connectivity index (χ0) is 19.5. The van der Waals surface area contributed by atoms with Crippen molar-refractivity contribution in [3.63, 3.8) is 0 Å². The summed E-state index contributed by atoms with van der Waals surface area (Å²) in [5, 5.41) is 17.7. The van der Waals surface area contributed by atoms with Gasteiger partial charge in [-0.3, -0.25) is 9.36 Å². The molecule has 1 saturated heterocycles. The molecule has 3 aromatic rings. The van der Waals surface area contributed by atoms with Gasteiger partial charge in [-0.05, 0) is 38.1 Å². The number of thioether (sulfide) groups is 1. The first-order chi connectivity index (χ1) is 13.6. The van der Waals surface area contributed by atoms with Crippen molar-refractivity contribution in [3.8, 4) is 10.7 Å². The van der Waals surface area contributed by atoms with Crippen molar-refractivity contribution in [2.75, 3.05) is 11.9 Å². The van der Waals surface area contributed by atoms with E-state index in [0.29, 0.717) is 23.3 Å².